The Hall–Kier alpha value is -2.34. The number of hydrogen-bond donors (Lipinski definition) is 0. The predicted octanol–water partition coefficient (Wildman–Crippen LogP) is 2.92. The Morgan fingerprint density at radius 2 is 1.94 bits per heavy atom. The van der Waals surface area contributed by atoms with Gasteiger partial charge in [0.15, 0.2) is 5.78 Å². The molecule has 0 saturated heterocycles. The quantitative estimate of drug-likeness (QED) is 0.772. The number of aromatic nitrogens is 1. The molecule has 90 valence electrons. The van der Waals surface area contributed by atoms with E-state index in [-0.39, 0.29) is 5.78 Å². The fourth-order valence-corrected chi connectivity index (χ4v) is 1.98. The summed E-state index contributed by atoms with van der Waals surface area (Å²) in [5, 5.41) is 8.73. The van der Waals surface area contributed by atoms with Gasteiger partial charge in [-0.1, -0.05) is 12.1 Å². The second-order valence-electron chi connectivity index (χ2n) is 4.31. The third-order valence-corrected chi connectivity index (χ3v) is 3.06. The minimum atomic E-state index is 0.0890. The predicted molar refractivity (Wildman–Crippen MR) is 69.4 cm³/mol. The van der Waals surface area contributed by atoms with E-state index in [9.17, 15) is 4.79 Å². The maximum absolute atomic E-state index is 11.4. The SMILES string of the molecule is CC(=O)c1ccn(Cc2ccc(C#N)cc2)c1C. The molecule has 1 aromatic heterocycles. The summed E-state index contributed by atoms with van der Waals surface area (Å²) in [6, 6.07) is 11.4. The average molecular weight is 238 g/mol. The molecular formula is C15H14N2O. The first-order valence-electron chi connectivity index (χ1n) is 5.77. The zero-order valence-corrected chi connectivity index (χ0v) is 10.5. The average Bonchev–Trinajstić information content (AvgIpc) is 2.72. The van der Waals surface area contributed by atoms with Crippen LogP contribution in [0.3, 0.4) is 0 Å². The summed E-state index contributed by atoms with van der Waals surface area (Å²) >= 11 is 0. The Bertz CT molecular complexity index is 615. The van der Waals surface area contributed by atoms with Gasteiger partial charge >= 0.3 is 0 Å². The summed E-state index contributed by atoms with van der Waals surface area (Å²) in [5.74, 6) is 0.0890. The van der Waals surface area contributed by atoms with Crippen LogP contribution in [-0.4, -0.2) is 10.4 Å². The van der Waals surface area contributed by atoms with Crippen LogP contribution in [0.5, 0.6) is 0 Å². The van der Waals surface area contributed by atoms with E-state index in [1.807, 2.05) is 35.9 Å². The number of Topliss-reactive ketones (excluding diaryl/α,β-unsaturated/α-hetero) is 1. The molecule has 3 heteroatoms. The van der Waals surface area contributed by atoms with Crippen LogP contribution < -0.4 is 0 Å². The van der Waals surface area contributed by atoms with Crippen LogP contribution in [-0.2, 0) is 6.54 Å². The molecule has 2 aromatic rings. The lowest BCUT2D eigenvalue weighted by molar-refractivity contribution is 0.101. The highest BCUT2D eigenvalue weighted by molar-refractivity contribution is 5.95. The lowest BCUT2D eigenvalue weighted by Gasteiger charge is -2.07. The van der Waals surface area contributed by atoms with E-state index in [0.717, 1.165) is 16.8 Å². The molecule has 0 radical (unpaired) electrons. The zero-order valence-electron chi connectivity index (χ0n) is 10.5. The molecule has 2 rings (SSSR count). The Morgan fingerprint density at radius 3 is 2.44 bits per heavy atom. The largest absolute Gasteiger partial charge is 0.347 e. The summed E-state index contributed by atoms with van der Waals surface area (Å²) in [6.45, 7) is 4.24. The van der Waals surface area contributed by atoms with Gasteiger partial charge in [-0.05, 0) is 37.6 Å². The van der Waals surface area contributed by atoms with Crippen LogP contribution in [0.15, 0.2) is 36.5 Å². The Balaban J connectivity index is 2.23. The maximum atomic E-state index is 11.4. The first-order valence-corrected chi connectivity index (χ1v) is 5.77. The van der Waals surface area contributed by atoms with Crippen molar-refractivity contribution in [2.45, 2.75) is 20.4 Å². The van der Waals surface area contributed by atoms with Crippen molar-refractivity contribution in [1.29, 1.82) is 5.26 Å². The summed E-state index contributed by atoms with van der Waals surface area (Å²) in [7, 11) is 0. The number of hydrogen-bond acceptors (Lipinski definition) is 2. The molecule has 0 bridgehead atoms. The molecular weight excluding hydrogens is 224 g/mol. The van der Waals surface area contributed by atoms with Crippen molar-refractivity contribution in [3.8, 4) is 6.07 Å². The van der Waals surface area contributed by atoms with E-state index in [1.54, 1.807) is 19.1 Å². The number of ketones is 1. The summed E-state index contributed by atoms with van der Waals surface area (Å²) < 4.78 is 2.04. The van der Waals surface area contributed by atoms with Gasteiger partial charge in [0.05, 0.1) is 11.6 Å². The van der Waals surface area contributed by atoms with E-state index >= 15 is 0 Å². The van der Waals surface area contributed by atoms with Crippen molar-refractivity contribution in [3.05, 3.63) is 58.9 Å². The van der Waals surface area contributed by atoms with Gasteiger partial charge in [-0.2, -0.15) is 5.26 Å². The third kappa shape index (κ3) is 2.33. The van der Waals surface area contributed by atoms with Crippen LogP contribution in [0.4, 0.5) is 0 Å². The molecule has 1 aromatic carbocycles. The smallest absolute Gasteiger partial charge is 0.161 e. The van der Waals surface area contributed by atoms with Gasteiger partial charge in [0.2, 0.25) is 0 Å². The minimum Gasteiger partial charge on any atom is -0.347 e. The summed E-state index contributed by atoms with van der Waals surface area (Å²) in [5.41, 5.74) is 3.52. The number of carbonyl (C=O) groups excluding carboxylic acids is 1. The van der Waals surface area contributed by atoms with Gasteiger partial charge in [-0.15, -0.1) is 0 Å². The molecule has 1 heterocycles. The van der Waals surface area contributed by atoms with Crippen LogP contribution >= 0.6 is 0 Å². The van der Waals surface area contributed by atoms with Gasteiger partial charge in [-0.3, -0.25) is 4.79 Å². The second kappa shape index (κ2) is 4.89. The van der Waals surface area contributed by atoms with Crippen LogP contribution in [0.1, 0.15) is 34.1 Å². The number of rotatable bonds is 3. The van der Waals surface area contributed by atoms with Gasteiger partial charge in [0.1, 0.15) is 0 Å². The van der Waals surface area contributed by atoms with Crippen molar-refractivity contribution in [2.75, 3.05) is 0 Å². The van der Waals surface area contributed by atoms with Gasteiger partial charge in [0.25, 0.3) is 0 Å². The summed E-state index contributed by atoms with van der Waals surface area (Å²) in [4.78, 5) is 11.4. The van der Waals surface area contributed by atoms with E-state index in [1.165, 1.54) is 0 Å². The molecule has 3 nitrogen and oxygen atoms in total. The molecule has 0 unspecified atom stereocenters. The van der Waals surface area contributed by atoms with Gasteiger partial charge in [-0.25, -0.2) is 0 Å². The monoisotopic (exact) mass is 238 g/mol. The lowest BCUT2D eigenvalue weighted by atomic mass is 10.1. The molecule has 0 aliphatic rings. The van der Waals surface area contributed by atoms with Crippen LogP contribution in [0.25, 0.3) is 0 Å². The Labute approximate surface area is 106 Å². The van der Waals surface area contributed by atoms with Crippen molar-refractivity contribution in [1.82, 2.24) is 4.57 Å². The fourth-order valence-electron chi connectivity index (χ4n) is 1.98. The first kappa shape index (κ1) is 12.1. The van der Waals surface area contributed by atoms with Gasteiger partial charge in [0, 0.05) is 24.0 Å². The molecule has 0 N–H and O–H groups in total. The van der Waals surface area contributed by atoms with Crippen molar-refractivity contribution >= 4 is 5.78 Å². The summed E-state index contributed by atoms with van der Waals surface area (Å²) in [6.07, 6.45) is 1.92. The van der Waals surface area contributed by atoms with E-state index in [4.69, 9.17) is 5.26 Å². The Kier molecular flexibility index (Phi) is 3.29. The highest BCUT2D eigenvalue weighted by Crippen LogP contribution is 2.13. The molecule has 0 saturated carbocycles. The normalized spacial score (nSPS) is 10.1. The topological polar surface area (TPSA) is 45.8 Å². The highest BCUT2D eigenvalue weighted by Gasteiger charge is 2.08. The molecule has 0 aliphatic carbocycles. The minimum absolute atomic E-state index is 0.0890. The fraction of sp³-hybridized carbons (Fsp3) is 0.200. The van der Waals surface area contributed by atoms with Gasteiger partial charge < -0.3 is 4.57 Å². The van der Waals surface area contributed by atoms with Crippen molar-refractivity contribution in [3.63, 3.8) is 0 Å². The zero-order chi connectivity index (χ0) is 13.1. The molecule has 0 amide bonds. The number of benzene rings is 1. The highest BCUT2D eigenvalue weighted by atomic mass is 16.1. The number of carbonyl (C=O) groups is 1. The number of nitriles is 1. The van der Waals surface area contributed by atoms with Crippen molar-refractivity contribution < 1.29 is 4.79 Å². The second-order valence-corrected chi connectivity index (χ2v) is 4.31. The van der Waals surface area contributed by atoms with Crippen molar-refractivity contribution in [2.24, 2.45) is 0 Å². The molecule has 0 fully saturated rings. The van der Waals surface area contributed by atoms with Crippen LogP contribution in [0.2, 0.25) is 0 Å². The standard InChI is InChI=1S/C15H14N2O/c1-11-15(12(2)18)7-8-17(11)10-14-5-3-13(9-16)4-6-14/h3-8H,10H2,1-2H3. The Morgan fingerprint density at radius 1 is 1.28 bits per heavy atom. The third-order valence-electron chi connectivity index (χ3n) is 3.06. The van der Waals surface area contributed by atoms with Crippen LogP contribution in [0, 0.1) is 18.3 Å². The lowest BCUT2D eigenvalue weighted by Crippen LogP contribution is -2.02. The first-order chi connectivity index (χ1) is 8.61. The molecule has 0 spiro atoms. The van der Waals surface area contributed by atoms with E-state index in [0.29, 0.717) is 12.1 Å². The number of nitrogens with zero attached hydrogens (tertiary/aromatic N) is 2. The molecule has 0 atom stereocenters. The molecule has 18 heavy (non-hydrogen) atoms. The maximum Gasteiger partial charge on any atom is 0.161 e. The molecule has 0 aliphatic heterocycles. The van der Waals surface area contributed by atoms with E-state index in [2.05, 4.69) is 6.07 Å². The van der Waals surface area contributed by atoms with E-state index < -0.39 is 0 Å².